The molecule has 0 amide bonds. The van der Waals surface area contributed by atoms with Gasteiger partial charge >= 0.3 is 5.97 Å². The van der Waals surface area contributed by atoms with Crippen molar-refractivity contribution in [1.82, 2.24) is 0 Å². The summed E-state index contributed by atoms with van der Waals surface area (Å²) < 4.78 is 5.60. The molecule has 0 radical (unpaired) electrons. The van der Waals surface area contributed by atoms with Gasteiger partial charge in [0.2, 0.25) is 0 Å². The molecule has 0 aromatic carbocycles. The third-order valence-electron chi connectivity index (χ3n) is 2.76. The molecule has 2 rings (SSSR count). The summed E-state index contributed by atoms with van der Waals surface area (Å²) >= 11 is 0. The largest absolute Gasteiger partial charge is 0.481 e. The predicted molar refractivity (Wildman–Crippen MR) is 51.5 cm³/mol. The number of fused-ring (bicyclic) bond motifs is 1. The monoisotopic (exact) mass is 194 g/mol. The lowest BCUT2D eigenvalue weighted by atomic mass is 10.0. The molecule has 1 aromatic rings. The predicted octanol–water partition coefficient (Wildman–Crippen LogP) is 2.52. The average Bonchev–Trinajstić information content (AvgIpc) is 2.58. The van der Waals surface area contributed by atoms with Gasteiger partial charge in [-0.25, -0.2) is 0 Å². The Balaban J connectivity index is 2.35. The molecule has 3 nitrogen and oxygen atoms in total. The van der Waals surface area contributed by atoms with Gasteiger partial charge in [-0.15, -0.1) is 0 Å². The lowest BCUT2D eigenvalue weighted by Crippen LogP contribution is -2.07. The van der Waals surface area contributed by atoms with E-state index in [4.69, 9.17) is 9.52 Å². The lowest BCUT2D eigenvalue weighted by Gasteiger charge is -2.02. The van der Waals surface area contributed by atoms with Gasteiger partial charge in [0, 0.05) is 17.9 Å². The lowest BCUT2D eigenvalue weighted by molar-refractivity contribution is -0.138. The highest BCUT2D eigenvalue weighted by Gasteiger charge is 2.32. The van der Waals surface area contributed by atoms with Gasteiger partial charge in [0.1, 0.15) is 11.5 Å². The summed E-state index contributed by atoms with van der Waals surface area (Å²) in [6.45, 7) is 4.09. The molecule has 0 saturated carbocycles. The van der Waals surface area contributed by atoms with Gasteiger partial charge < -0.3 is 9.52 Å². The van der Waals surface area contributed by atoms with Crippen molar-refractivity contribution in [2.45, 2.75) is 38.5 Å². The van der Waals surface area contributed by atoms with Crippen LogP contribution in [0.1, 0.15) is 49.2 Å². The molecule has 1 aliphatic rings. The molecule has 0 saturated heterocycles. The summed E-state index contributed by atoms with van der Waals surface area (Å²) in [4.78, 5) is 10.9. The standard InChI is InChI=1S/C11H14O3/c1-6(2)10-5-8-7(11(12)13)3-4-9(8)14-10/h5-7H,3-4H2,1-2H3,(H,12,13). The number of carboxylic acid groups (broad SMARTS) is 1. The maximum atomic E-state index is 10.9. The van der Waals surface area contributed by atoms with E-state index in [0.29, 0.717) is 12.3 Å². The Bertz CT molecular complexity index is 363. The Hall–Kier alpha value is -1.25. The van der Waals surface area contributed by atoms with Gasteiger partial charge in [0.05, 0.1) is 5.92 Å². The zero-order valence-corrected chi connectivity index (χ0v) is 8.41. The van der Waals surface area contributed by atoms with Gasteiger partial charge in [0.15, 0.2) is 0 Å². The van der Waals surface area contributed by atoms with Crippen LogP contribution >= 0.6 is 0 Å². The molecule has 1 aromatic heterocycles. The second-order valence-corrected chi connectivity index (χ2v) is 4.11. The minimum absolute atomic E-state index is 0.329. The molecule has 0 fully saturated rings. The first-order chi connectivity index (χ1) is 6.59. The van der Waals surface area contributed by atoms with E-state index in [-0.39, 0.29) is 5.92 Å². The number of furan rings is 1. The topological polar surface area (TPSA) is 50.4 Å². The zero-order valence-electron chi connectivity index (χ0n) is 8.41. The summed E-state index contributed by atoms with van der Waals surface area (Å²) in [5.74, 6) is 1.03. The number of aryl methyl sites for hydroxylation is 1. The van der Waals surface area contributed by atoms with Crippen LogP contribution in [0.5, 0.6) is 0 Å². The first-order valence-electron chi connectivity index (χ1n) is 4.95. The zero-order chi connectivity index (χ0) is 10.3. The number of hydrogen-bond acceptors (Lipinski definition) is 2. The maximum absolute atomic E-state index is 10.9. The van der Waals surface area contributed by atoms with Crippen molar-refractivity contribution in [2.24, 2.45) is 0 Å². The van der Waals surface area contributed by atoms with E-state index in [9.17, 15) is 4.79 Å². The average molecular weight is 194 g/mol. The fraction of sp³-hybridized carbons (Fsp3) is 0.545. The first-order valence-corrected chi connectivity index (χ1v) is 4.95. The van der Waals surface area contributed by atoms with Crippen molar-refractivity contribution < 1.29 is 14.3 Å². The minimum atomic E-state index is -0.736. The molecular weight excluding hydrogens is 180 g/mol. The smallest absolute Gasteiger partial charge is 0.311 e. The van der Waals surface area contributed by atoms with Gasteiger partial charge in [-0.2, -0.15) is 0 Å². The van der Waals surface area contributed by atoms with Crippen molar-refractivity contribution in [3.63, 3.8) is 0 Å². The van der Waals surface area contributed by atoms with E-state index in [0.717, 1.165) is 23.5 Å². The second-order valence-electron chi connectivity index (χ2n) is 4.11. The van der Waals surface area contributed by atoms with Crippen molar-refractivity contribution in [3.05, 3.63) is 23.2 Å². The van der Waals surface area contributed by atoms with Crippen LogP contribution < -0.4 is 0 Å². The van der Waals surface area contributed by atoms with Crippen molar-refractivity contribution in [1.29, 1.82) is 0 Å². The van der Waals surface area contributed by atoms with Crippen LogP contribution in [-0.4, -0.2) is 11.1 Å². The minimum Gasteiger partial charge on any atom is -0.481 e. The Kier molecular flexibility index (Phi) is 2.10. The summed E-state index contributed by atoms with van der Waals surface area (Å²) in [5.41, 5.74) is 0.890. The Labute approximate surface area is 82.7 Å². The van der Waals surface area contributed by atoms with Crippen molar-refractivity contribution in [2.75, 3.05) is 0 Å². The molecule has 1 N–H and O–H groups in total. The Morgan fingerprint density at radius 2 is 2.36 bits per heavy atom. The van der Waals surface area contributed by atoms with Gasteiger partial charge in [-0.3, -0.25) is 4.79 Å². The second kappa shape index (κ2) is 3.15. The van der Waals surface area contributed by atoms with E-state index in [1.807, 2.05) is 19.9 Å². The number of rotatable bonds is 2. The highest BCUT2D eigenvalue weighted by molar-refractivity contribution is 5.77. The highest BCUT2D eigenvalue weighted by Crippen LogP contribution is 2.37. The van der Waals surface area contributed by atoms with Crippen LogP contribution in [0.4, 0.5) is 0 Å². The number of carbonyl (C=O) groups is 1. The highest BCUT2D eigenvalue weighted by atomic mass is 16.4. The van der Waals surface area contributed by atoms with E-state index in [2.05, 4.69) is 0 Å². The quantitative estimate of drug-likeness (QED) is 0.787. The number of aliphatic carboxylic acids is 1. The third-order valence-corrected chi connectivity index (χ3v) is 2.76. The first kappa shape index (κ1) is 9.31. The van der Waals surface area contributed by atoms with Gasteiger partial charge in [-0.1, -0.05) is 13.8 Å². The number of hydrogen-bond donors (Lipinski definition) is 1. The fourth-order valence-corrected chi connectivity index (χ4v) is 1.93. The molecule has 0 aliphatic heterocycles. The summed E-state index contributed by atoms with van der Waals surface area (Å²) in [7, 11) is 0. The van der Waals surface area contributed by atoms with E-state index >= 15 is 0 Å². The van der Waals surface area contributed by atoms with Crippen LogP contribution in [0.2, 0.25) is 0 Å². The van der Waals surface area contributed by atoms with Crippen LogP contribution in [-0.2, 0) is 11.2 Å². The molecule has 3 heteroatoms. The Morgan fingerprint density at radius 1 is 1.64 bits per heavy atom. The summed E-state index contributed by atoms with van der Waals surface area (Å²) in [5, 5.41) is 8.97. The van der Waals surface area contributed by atoms with Gasteiger partial charge in [0.25, 0.3) is 0 Å². The SMILES string of the molecule is CC(C)c1cc2c(o1)CCC2C(=O)O. The normalized spacial score (nSPS) is 20.1. The number of carboxylic acids is 1. The molecule has 14 heavy (non-hydrogen) atoms. The molecule has 76 valence electrons. The summed E-state index contributed by atoms with van der Waals surface area (Å²) in [6.07, 6.45) is 1.45. The van der Waals surface area contributed by atoms with E-state index in [1.54, 1.807) is 0 Å². The molecule has 1 unspecified atom stereocenters. The molecule has 1 atom stereocenters. The van der Waals surface area contributed by atoms with Crippen LogP contribution in [0.3, 0.4) is 0 Å². The van der Waals surface area contributed by atoms with Gasteiger partial charge in [-0.05, 0) is 12.5 Å². The third kappa shape index (κ3) is 1.33. The molecule has 0 spiro atoms. The van der Waals surface area contributed by atoms with Crippen LogP contribution in [0.25, 0.3) is 0 Å². The van der Waals surface area contributed by atoms with Crippen LogP contribution in [0.15, 0.2) is 10.5 Å². The van der Waals surface area contributed by atoms with E-state index in [1.165, 1.54) is 0 Å². The molecule has 1 heterocycles. The Morgan fingerprint density at radius 3 is 2.93 bits per heavy atom. The molecule has 0 bridgehead atoms. The summed E-state index contributed by atoms with van der Waals surface area (Å²) in [6, 6.07) is 1.91. The van der Waals surface area contributed by atoms with E-state index < -0.39 is 5.97 Å². The fourth-order valence-electron chi connectivity index (χ4n) is 1.93. The van der Waals surface area contributed by atoms with Crippen molar-refractivity contribution >= 4 is 5.97 Å². The van der Waals surface area contributed by atoms with Crippen molar-refractivity contribution in [3.8, 4) is 0 Å². The maximum Gasteiger partial charge on any atom is 0.311 e. The molecular formula is C11H14O3. The molecule has 1 aliphatic carbocycles. The van der Waals surface area contributed by atoms with Crippen LogP contribution in [0, 0.1) is 0 Å².